The number of amides is 1. The summed E-state index contributed by atoms with van der Waals surface area (Å²) < 4.78 is 22.5. The van der Waals surface area contributed by atoms with E-state index in [2.05, 4.69) is 4.98 Å². The summed E-state index contributed by atoms with van der Waals surface area (Å²) in [4.78, 5) is 50.7. The second-order valence-electron chi connectivity index (χ2n) is 13.1. The molecule has 1 aliphatic rings. The van der Waals surface area contributed by atoms with Crippen molar-refractivity contribution >= 4 is 34.5 Å². The third kappa shape index (κ3) is 6.79. The SMILES string of the molecule is CC(C)c1nc(OCCN(C)C)nc(C(C)C)c1-n1c(=O)nc(N2C[C@@H](C)N(C(=O)O)C[C@@H]2C)c2cc(Cl)c(-c3ccccc3F)nc21. The van der Waals surface area contributed by atoms with Gasteiger partial charge < -0.3 is 24.5 Å². The van der Waals surface area contributed by atoms with Gasteiger partial charge in [0, 0.05) is 37.3 Å². The van der Waals surface area contributed by atoms with Crippen LogP contribution in [0.25, 0.3) is 28.0 Å². The lowest BCUT2D eigenvalue weighted by molar-refractivity contribution is 0.114. The minimum absolute atomic E-state index is 0.159. The molecule has 1 aliphatic heterocycles. The first kappa shape index (κ1) is 35.0. The third-order valence-corrected chi connectivity index (χ3v) is 8.73. The molecule has 48 heavy (non-hydrogen) atoms. The number of carboxylic acid groups (broad SMARTS) is 1. The summed E-state index contributed by atoms with van der Waals surface area (Å²) in [6.07, 6.45) is -1.02. The number of hydrogen-bond acceptors (Lipinski definition) is 9. The quantitative estimate of drug-likeness (QED) is 0.232. The van der Waals surface area contributed by atoms with E-state index < -0.39 is 17.6 Å². The number of halogens is 2. The molecule has 0 saturated carbocycles. The molecule has 1 N–H and O–H groups in total. The Balaban J connectivity index is 1.84. The Bertz CT molecular complexity index is 1870. The summed E-state index contributed by atoms with van der Waals surface area (Å²) in [6, 6.07) is 7.31. The summed E-state index contributed by atoms with van der Waals surface area (Å²) in [6.45, 7) is 13.1. The second-order valence-corrected chi connectivity index (χ2v) is 13.5. The zero-order valence-electron chi connectivity index (χ0n) is 28.5. The van der Waals surface area contributed by atoms with Crippen molar-refractivity contribution in [3.05, 3.63) is 63.0 Å². The average molecular weight is 681 g/mol. The Hall–Kier alpha value is -4.36. The monoisotopic (exact) mass is 680 g/mol. The predicted molar refractivity (Wildman–Crippen MR) is 184 cm³/mol. The number of ether oxygens (including phenoxy) is 1. The maximum absolute atomic E-state index is 15.2. The normalized spacial score (nSPS) is 16.9. The van der Waals surface area contributed by atoms with Gasteiger partial charge in [0.2, 0.25) is 0 Å². The van der Waals surface area contributed by atoms with Crippen molar-refractivity contribution in [2.75, 3.05) is 45.2 Å². The van der Waals surface area contributed by atoms with Crippen LogP contribution in [-0.2, 0) is 0 Å². The van der Waals surface area contributed by atoms with Crippen LogP contribution in [0.1, 0.15) is 64.8 Å². The molecular formula is C34H42ClFN8O4. The Kier molecular flexibility index (Phi) is 10.2. The zero-order chi connectivity index (χ0) is 35.0. The fraction of sp³-hybridized carbons (Fsp3) is 0.471. The van der Waals surface area contributed by atoms with Crippen LogP contribution in [-0.4, -0.2) is 97.9 Å². The van der Waals surface area contributed by atoms with E-state index in [1.54, 1.807) is 31.2 Å². The third-order valence-electron chi connectivity index (χ3n) is 8.44. The number of piperazine rings is 1. The number of pyridine rings is 1. The molecule has 0 radical (unpaired) electrons. The molecule has 1 fully saturated rings. The molecule has 0 aliphatic carbocycles. The number of hydrogen-bond donors (Lipinski definition) is 1. The van der Waals surface area contributed by atoms with Crippen LogP contribution in [0.15, 0.2) is 35.1 Å². The van der Waals surface area contributed by atoms with Crippen molar-refractivity contribution in [1.82, 2.24) is 34.3 Å². The van der Waals surface area contributed by atoms with Crippen LogP contribution >= 0.6 is 11.6 Å². The summed E-state index contributed by atoms with van der Waals surface area (Å²) >= 11 is 6.85. The molecule has 0 unspecified atom stereocenters. The highest BCUT2D eigenvalue weighted by atomic mass is 35.5. The fourth-order valence-corrected chi connectivity index (χ4v) is 6.20. The van der Waals surface area contributed by atoms with Gasteiger partial charge in [0.05, 0.1) is 33.2 Å². The number of benzene rings is 1. The van der Waals surface area contributed by atoms with Crippen molar-refractivity contribution in [1.29, 1.82) is 0 Å². The summed E-state index contributed by atoms with van der Waals surface area (Å²) in [7, 11) is 3.89. The largest absolute Gasteiger partial charge is 0.465 e. The lowest BCUT2D eigenvalue weighted by Crippen LogP contribution is -2.58. The van der Waals surface area contributed by atoms with E-state index in [-0.39, 0.29) is 64.9 Å². The predicted octanol–water partition coefficient (Wildman–Crippen LogP) is 5.79. The van der Waals surface area contributed by atoms with E-state index in [1.807, 2.05) is 58.5 Å². The lowest BCUT2D eigenvalue weighted by Gasteiger charge is -2.43. The summed E-state index contributed by atoms with van der Waals surface area (Å²) in [5.74, 6) is -0.537. The average Bonchev–Trinajstić information content (AvgIpc) is 3.01. The lowest BCUT2D eigenvalue weighted by atomic mass is 10.0. The highest BCUT2D eigenvalue weighted by Crippen LogP contribution is 2.37. The van der Waals surface area contributed by atoms with Crippen LogP contribution in [0.2, 0.25) is 5.02 Å². The van der Waals surface area contributed by atoms with E-state index in [0.717, 1.165) is 0 Å². The molecule has 1 saturated heterocycles. The highest BCUT2D eigenvalue weighted by Gasteiger charge is 2.35. The molecule has 4 heterocycles. The van der Waals surface area contributed by atoms with Gasteiger partial charge in [-0.2, -0.15) is 15.0 Å². The van der Waals surface area contributed by atoms with Gasteiger partial charge in [0.15, 0.2) is 5.65 Å². The van der Waals surface area contributed by atoms with Gasteiger partial charge in [0.1, 0.15) is 18.2 Å². The van der Waals surface area contributed by atoms with Gasteiger partial charge in [-0.15, -0.1) is 0 Å². The Labute approximate surface area is 284 Å². The number of rotatable bonds is 9. The van der Waals surface area contributed by atoms with Crippen LogP contribution in [0.3, 0.4) is 0 Å². The fourth-order valence-electron chi connectivity index (χ4n) is 5.94. The summed E-state index contributed by atoms with van der Waals surface area (Å²) in [5.41, 5.74) is 1.45. The first-order chi connectivity index (χ1) is 22.7. The van der Waals surface area contributed by atoms with Gasteiger partial charge in [-0.1, -0.05) is 51.4 Å². The minimum atomic E-state index is -1.02. The van der Waals surface area contributed by atoms with Gasteiger partial charge in [0.25, 0.3) is 0 Å². The molecule has 3 aromatic heterocycles. The molecule has 14 heteroatoms. The van der Waals surface area contributed by atoms with E-state index in [9.17, 15) is 14.7 Å². The van der Waals surface area contributed by atoms with Gasteiger partial charge >= 0.3 is 17.8 Å². The van der Waals surface area contributed by atoms with Crippen molar-refractivity contribution in [2.45, 2.75) is 65.5 Å². The zero-order valence-corrected chi connectivity index (χ0v) is 29.3. The molecule has 2 atom stereocenters. The molecule has 0 spiro atoms. The van der Waals surface area contributed by atoms with Crippen molar-refractivity contribution in [3.8, 4) is 23.0 Å². The van der Waals surface area contributed by atoms with Gasteiger partial charge in [-0.25, -0.2) is 23.5 Å². The first-order valence-electron chi connectivity index (χ1n) is 16.0. The molecule has 0 bridgehead atoms. The molecule has 1 aromatic carbocycles. The standard InChI is InChI=1S/C34H42ClFN8O4/c1-18(2)26-29(27(19(3)4)39-32(38-26)48-14-13-41(7)8)44-31-23(15-24(35)28(37-31)22-11-9-10-12-25(22)36)30(40-33(44)45)42-16-21(6)43(34(46)47)17-20(42)5/h9-12,15,18-21H,13-14,16-17H2,1-8H3,(H,46,47)/t20-,21+/m0/s1. The Morgan fingerprint density at radius 3 is 2.27 bits per heavy atom. The van der Waals surface area contributed by atoms with Crippen molar-refractivity contribution < 1.29 is 19.0 Å². The van der Waals surface area contributed by atoms with Crippen molar-refractivity contribution in [3.63, 3.8) is 0 Å². The van der Waals surface area contributed by atoms with E-state index >= 15 is 4.39 Å². The van der Waals surface area contributed by atoms with E-state index in [0.29, 0.717) is 41.4 Å². The summed E-state index contributed by atoms with van der Waals surface area (Å²) in [5, 5.41) is 10.4. The number of fused-ring (bicyclic) bond motifs is 1. The molecular weight excluding hydrogens is 639 g/mol. The first-order valence-corrected chi connectivity index (χ1v) is 16.4. The number of aromatic nitrogens is 5. The number of likely N-dealkylation sites (N-methyl/N-ethyl adjacent to an activating group) is 1. The number of anilines is 1. The number of carbonyl (C=O) groups is 1. The second kappa shape index (κ2) is 14.0. The van der Waals surface area contributed by atoms with Gasteiger partial charge in [-0.05, 0) is 58.0 Å². The van der Waals surface area contributed by atoms with E-state index in [1.165, 1.54) is 15.5 Å². The highest BCUT2D eigenvalue weighted by molar-refractivity contribution is 6.33. The van der Waals surface area contributed by atoms with Crippen LogP contribution in [0.5, 0.6) is 6.01 Å². The molecule has 5 rings (SSSR count). The molecule has 12 nitrogen and oxygen atoms in total. The molecule has 256 valence electrons. The molecule has 1 amide bonds. The van der Waals surface area contributed by atoms with Crippen molar-refractivity contribution in [2.24, 2.45) is 0 Å². The van der Waals surface area contributed by atoms with Gasteiger partial charge in [-0.3, -0.25) is 0 Å². The maximum Gasteiger partial charge on any atom is 0.407 e. The van der Waals surface area contributed by atoms with Crippen LogP contribution in [0, 0.1) is 5.82 Å². The van der Waals surface area contributed by atoms with Crippen LogP contribution < -0.4 is 15.3 Å². The number of nitrogens with zero attached hydrogens (tertiary/aromatic N) is 8. The maximum atomic E-state index is 15.2. The Morgan fingerprint density at radius 2 is 1.69 bits per heavy atom. The molecule has 4 aromatic rings. The smallest absolute Gasteiger partial charge is 0.407 e. The minimum Gasteiger partial charge on any atom is -0.465 e. The van der Waals surface area contributed by atoms with E-state index in [4.69, 9.17) is 31.3 Å². The van der Waals surface area contributed by atoms with Crippen LogP contribution in [0.4, 0.5) is 15.0 Å². The Morgan fingerprint density at radius 1 is 1.04 bits per heavy atom. The topological polar surface area (TPSA) is 130 Å².